The van der Waals surface area contributed by atoms with E-state index >= 15 is 0 Å². The summed E-state index contributed by atoms with van der Waals surface area (Å²) in [6.07, 6.45) is -0.112. The SMILES string of the molecule is CN(CCC(=O)O)C(=O)COc1ccccc1O. The van der Waals surface area contributed by atoms with Gasteiger partial charge in [0.2, 0.25) is 0 Å². The van der Waals surface area contributed by atoms with Gasteiger partial charge in [0, 0.05) is 13.6 Å². The van der Waals surface area contributed by atoms with Gasteiger partial charge in [-0.1, -0.05) is 12.1 Å². The number of carbonyl (C=O) groups is 2. The van der Waals surface area contributed by atoms with Crippen molar-refractivity contribution in [3.63, 3.8) is 0 Å². The topological polar surface area (TPSA) is 87.1 Å². The van der Waals surface area contributed by atoms with Gasteiger partial charge in [0.05, 0.1) is 6.42 Å². The molecule has 0 atom stereocenters. The fraction of sp³-hybridized carbons (Fsp3) is 0.333. The molecule has 0 heterocycles. The summed E-state index contributed by atoms with van der Waals surface area (Å²) in [7, 11) is 1.50. The van der Waals surface area contributed by atoms with Crippen LogP contribution >= 0.6 is 0 Å². The van der Waals surface area contributed by atoms with E-state index in [1.807, 2.05) is 0 Å². The van der Waals surface area contributed by atoms with Crippen LogP contribution in [-0.2, 0) is 9.59 Å². The van der Waals surface area contributed by atoms with Crippen molar-refractivity contribution in [3.05, 3.63) is 24.3 Å². The number of aromatic hydroxyl groups is 1. The quantitative estimate of drug-likeness (QED) is 0.779. The van der Waals surface area contributed by atoms with Crippen LogP contribution in [0.15, 0.2) is 24.3 Å². The Kier molecular flexibility index (Phi) is 4.98. The molecule has 1 aromatic carbocycles. The van der Waals surface area contributed by atoms with Crippen LogP contribution in [0.3, 0.4) is 0 Å². The van der Waals surface area contributed by atoms with E-state index in [0.717, 1.165) is 0 Å². The number of para-hydroxylation sites is 2. The Labute approximate surface area is 104 Å². The van der Waals surface area contributed by atoms with E-state index in [0.29, 0.717) is 0 Å². The Bertz CT molecular complexity index is 432. The Morgan fingerprint density at radius 1 is 1.33 bits per heavy atom. The minimum absolute atomic E-state index is 0.0431. The molecule has 0 saturated heterocycles. The molecule has 1 amide bonds. The second-order valence-corrected chi connectivity index (χ2v) is 3.72. The Morgan fingerprint density at radius 3 is 2.61 bits per heavy atom. The van der Waals surface area contributed by atoms with Crippen LogP contribution < -0.4 is 4.74 Å². The van der Waals surface area contributed by atoms with Crippen LogP contribution in [0, 0.1) is 0 Å². The fourth-order valence-electron chi connectivity index (χ4n) is 1.22. The summed E-state index contributed by atoms with van der Waals surface area (Å²) >= 11 is 0. The summed E-state index contributed by atoms with van der Waals surface area (Å²) in [5, 5.41) is 17.9. The molecule has 0 spiro atoms. The van der Waals surface area contributed by atoms with Gasteiger partial charge in [-0.25, -0.2) is 0 Å². The number of phenols is 1. The smallest absolute Gasteiger partial charge is 0.305 e. The number of phenolic OH excluding ortho intramolecular Hbond substituents is 1. The van der Waals surface area contributed by atoms with Gasteiger partial charge in [-0.05, 0) is 12.1 Å². The Morgan fingerprint density at radius 2 is 2.00 bits per heavy atom. The summed E-state index contributed by atoms with van der Waals surface area (Å²) in [5.41, 5.74) is 0. The molecular weight excluding hydrogens is 238 g/mol. The molecule has 0 aromatic heterocycles. The van der Waals surface area contributed by atoms with Crippen molar-refractivity contribution in [1.29, 1.82) is 0 Å². The normalized spacial score (nSPS) is 9.83. The number of carboxylic acids is 1. The summed E-state index contributed by atoms with van der Waals surface area (Å²) < 4.78 is 5.14. The maximum absolute atomic E-state index is 11.6. The van der Waals surface area contributed by atoms with Gasteiger partial charge in [0.1, 0.15) is 0 Å². The second kappa shape index (κ2) is 6.48. The van der Waals surface area contributed by atoms with E-state index in [2.05, 4.69) is 0 Å². The third kappa shape index (κ3) is 4.32. The molecule has 18 heavy (non-hydrogen) atoms. The van der Waals surface area contributed by atoms with Crippen LogP contribution in [0.5, 0.6) is 11.5 Å². The van der Waals surface area contributed by atoms with Gasteiger partial charge >= 0.3 is 5.97 Å². The van der Waals surface area contributed by atoms with E-state index in [-0.39, 0.29) is 37.0 Å². The van der Waals surface area contributed by atoms with Gasteiger partial charge in [-0.2, -0.15) is 0 Å². The van der Waals surface area contributed by atoms with Crippen molar-refractivity contribution >= 4 is 11.9 Å². The average molecular weight is 253 g/mol. The molecule has 0 aliphatic carbocycles. The Hall–Kier alpha value is -2.24. The average Bonchev–Trinajstić information content (AvgIpc) is 2.34. The molecule has 98 valence electrons. The molecule has 2 N–H and O–H groups in total. The van der Waals surface area contributed by atoms with Crippen LogP contribution in [0.25, 0.3) is 0 Å². The van der Waals surface area contributed by atoms with Crippen molar-refractivity contribution in [2.24, 2.45) is 0 Å². The highest BCUT2D eigenvalue weighted by molar-refractivity contribution is 5.78. The molecule has 1 rings (SSSR count). The molecule has 0 aliphatic heterocycles. The molecular formula is C12H15NO5. The van der Waals surface area contributed by atoms with Gasteiger partial charge in [-0.3, -0.25) is 9.59 Å². The maximum atomic E-state index is 11.6. The number of rotatable bonds is 6. The van der Waals surface area contributed by atoms with Crippen molar-refractivity contribution in [2.75, 3.05) is 20.2 Å². The zero-order chi connectivity index (χ0) is 13.5. The molecule has 1 aromatic rings. The van der Waals surface area contributed by atoms with Crippen LogP contribution in [0.4, 0.5) is 0 Å². The third-order valence-electron chi connectivity index (χ3n) is 2.30. The highest BCUT2D eigenvalue weighted by atomic mass is 16.5. The van der Waals surface area contributed by atoms with Crippen LogP contribution in [0.2, 0.25) is 0 Å². The van der Waals surface area contributed by atoms with E-state index in [4.69, 9.17) is 9.84 Å². The molecule has 0 radical (unpaired) electrons. The van der Waals surface area contributed by atoms with E-state index in [9.17, 15) is 14.7 Å². The lowest BCUT2D eigenvalue weighted by Crippen LogP contribution is -2.33. The minimum Gasteiger partial charge on any atom is -0.504 e. The number of benzene rings is 1. The largest absolute Gasteiger partial charge is 0.504 e. The number of likely N-dealkylation sites (N-methyl/N-ethyl adjacent to an activating group) is 1. The predicted octanol–water partition coefficient (Wildman–Crippen LogP) is 0.704. The van der Waals surface area contributed by atoms with Gasteiger partial charge < -0.3 is 19.8 Å². The summed E-state index contributed by atoms with van der Waals surface area (Å²) in [4.78, 5) is 23.2. The second-order valence-electron chi connectivity index (χ2n) is 3.72. The van der Waals surface area contributed by atoms with Crippen molar-refractivity contribution in [3.8, 4) is 11.5 Å². The maximum Gasteiger partial charge on any atom is 0.305 e. The molecule has 0 bridgehead atoms. The standard InChI is InChI=1S/C12H15NO5/c1-13(7-6-12(16)17)11(15)8-18-10-5-3-2-4-9(10)14/h2-5,14H,6-8H2,1H3,(H,16,17). The lowest BCUT2D eigenvalue weighted by Gasteiger charge is -2.16. The number of carbonyl (C=O) groups excluding carboxylic acids is 1. The number of aliphatic carboxylic acids is 1. The molecule has 0 aliphatic rings. The van der Waals surface area contributed by atoms with Crippen molar-refractivity contribution in [1.82, 2.24) is 4.90 Å². The molecule has 0 fully saturated rings. The summed E-state index contributed by atoms with van der Waals surface area (Å²) in [6, 6.07) is 6.31. The molecule has 0 saturated carbocycles. The first-order valence-electron chi connectivity index (χ1n) is 5.37. The number of ether oxygens (including phenoxy) is 1. The van der Waals surface area contributed by atoms with Crippen molar-refractivity contribution < 1.29 is 24.5 Å². The highest BCUT2D eigenvalue weighted by Gasteiger charge is 2.11. The number of amides is 1. The van der Waals surface area contributed by atoms with Gasteiger partial charge in [0.25, 0.3) is 5.91 Å². The number of nitrogens with zero attached hydrogens (tertiary/aromatic N) is 1. The lowest BCUT2D eigenvalue weighted by atomic mass is 10.3. The van der Waals surface area contributed by atoms with E-state index < -0.39 is 5.97 Å². The summed E-state index contributed by atoms with van der Waals surface area (Å²) in [6.45, 7) is -0.119. The zero-order valence-corrected chi connectivity index (χ0v) is 10.00. The first-order chi connectivity index (χ1) is 8.50. The Balaban J connectivity index is 2.41. The monoisotopic (exact) mass is 253 g/mol. The first kappa shape index (κ1) is 13.8. The zero-order valence-electron chi connectivity index (χ0n) is 10.00. The molecule has 6 nitrogen and oxygen atoms in total. The highest BCUT2D eigenvalue weighted by Crippen LogP contribution is 2.24. The number of hydrogen-bond acceptors (Lipinski definition) is 4. The fourth-order valence-corrected chi connectivity index (χ4v) is 1.22. The minimum atomic E-state index is -0.962. The molecule has 6 heteroatoms. The summed E-state index contributed by atoms with van der Waals surface area (Å²) in [5.74, 6) is -1.13. The third-order valence-corrected chi connectivity index (χ3v) is 2.30. The van der Waals surface area contributed by atoms with Crippen LogP contribution in [0.1, 0.15) is 6.42 Å². The van der Waals surface area contributed by atoms with E-state index in [1.165, 1.54) is 18.0 Å². The molecule has 0 unspecified atom stereocenters. The number of carboxylic acid groups (broad SMARTS) is 1. The van der Waals surface area contributed by atoms with E-state index in [1.54, 1.807) is 18.2 Å². The van der Waals surface area contributed by atoms with Crippen molar-refractivity contribution in [2.45, 2.75) is 6.42 Å². The van der Waals surface area contributed by atoms with Crippen LogP contribution in [-0.4, -0.2) is 47.2 Å². The number of hydrogen-bond donors (Lipinski definition) is 2. The lowest BCUT2D eigenvalue weighted by molar-refractivity contribution is -0.138. The van der Waals surface area contributed by atoms with Gasteiger partial charge in [-0.15, -0.1) is 0 Å². The van der Waals surface area contributed by atoms with Gasteiger partial charge in [0.15, 0.2) is 18.1 Å². The first-order valence-corrected chi connectivity index (χ1v) is 5.37. The predicted molar refractivity (Wildman–Crippen MR) is 63.5 cm³/mol.